The molecule has 20 heavy (non-hydrogen) atoms. The van der Waals surface area contributed by atoms with Gasteiger partial charge in [0.05, 0.1) is 12.7 Å². The summed E-state index contributed by atoms with van der Waals surface area (Å²) < 4.78 is 6.19. The molecule has 4 heteroatoms. The van der Waals surface area contributed by atoms with E-state index < -0.39 is 0 Å². The number of nitrogens with one attached hydrogen (secondary N) is 1. The Morgan fingerprint density at radius 2 is 2.05 bits per heavy atom. The molecule has 110 valence electrons. The van der Waals surface area contributed by atoms with Crippen molar-refractivity contribution >= 4 is 21.8 Å². The highest BCUT2D eigenvalue weighted by Crippen LogP contribution is 2.30. The molecule has 2 rings (SSSR count). The van der Waals surface area contributed by atoms with Crippen LogP contribution in [-0.4, -0.2) is 19.1 Å². The molecule has 1 aliphatic rings. The monoisotopic (exact) mass is 339 g/mol. The Morgan fingerprint density at radius 1 is 1.30 bits per heavy atom. The second kappa shape index (κ2) is 6.61. The van der Waals surface area contributed by atoms with Crippen LogP contribution in [0.5, 0.6) is 5.75 Å². The molecule has 1 N–H and O–H groups in total. The summed E-state index contributed by atoms with van der Waals surface area (Å²) in [5.74, 6) is 1.99. The highest BCUT2D eigenvalue weighted by atomic mass is 79.9. The molecule has 1 aromatic carbocycles. The fraction of sp³-hybridized carbons (Fsp3) is 0.562. The van der Waals surface area contributed by atoms with Gasteiger partial charge in [0.25, 0.3) is 5.91 Å². The Balaban J connectivity index is 2.05. The molecule has 1 amide bonds. The van der Waals surface area contributed by atoms with Crippen molar-refractivity contribution in [2.24, 2.45) is 11.8 Å². The summed E-state index contributed by atoms with van der Waals surface area (Å²) in [5.41, 5.74) is 0.599. The van der Waals surface area contributed by atoms with Gasteiger partial charge in [0.2, 0.25) is 0 Å². The lowest BCUT2D eigenvalue weighted by molar-refractivity contribution is 0.0907. The van der Waals surface area contributed by atoms with Crippen LogP contribution in [0.1, 0.15) is 43.5 Å². The average Bonchev–Trinajstić information content (AvgIpc) is 2.42. The zero-order chi connectivity index (χ0) is 14.7. The average molecular weight is 340 g/mol. The third kappa shape index (κ3) is 3.54. The predicted octanol–water partition coefficient (Wildman–Crippen LogP) is 4.01. The normalized spacial score (nSPS) is 26.1. The largest absolute Gasteiger partial charge is 0.496 e. The number of hydrogen-bond acceptors (Lipinski definition) is 2. The van der Waals surface area contributed by atoms with Crippen molar-refractivity contribution < 1.29 is 9.53 Å². The van der Waals surface area contributed by atoms with Crippen molar-refractivity contribution in [2.45, 2.75) is 39.2 Å². The smallest absolute Gasteiger partial charge is 0.255 e. The first-order chi connectivity index (χ1) is 9.51. The Hall–Kier alpha value is -1.03. The standard InChI is InChI=1S/C16H22BrNO2/c1-10-4-6-13(8-11(10)2)18-16(19)14-7-5-12(17)9-15(14)20-3/h5,7,9-11,13H,4,6,8H2,1-3H3,(H,18,19). The first kappa shape index (κ1) is 15.4. The summed E-state index contributed by atoms with van der Waals surface area (Å²) in [4.78, 5) is 12.4. The van der Waals surface area contributed by atoms with Crippen molar-refractivity contribution in [3.05, 3.63) is 28.2 Å². The molecule has 0 spiro atoms. The topological polar surface area (TPSA) is 38.3 Å². The predicted molar refractivity (Wildman–Crippen MR) is 84.1 cm³/mol. The van der Waals surface area contributed by atoms with Gasteiger partial charge in [0.15, 0.2) is 0 Å². The van der Waals surface area contributed by atoms with Gasteiger partial charge in [-0.05, 0) is 49.3 Å². The van der Waals surface area contributed by atoms with E-state index in [0.717, 1.165) is 23.2 Å². The summed E-state index contributed by atoms with van der Waals surface area (Å²) in [7, 11) is 1.59. The van der Waals surface area contributed by atoms with Crippen LogP contribution in [0.15, 0.2) is 22.7 Å². The lowest BCUT2D eigenvalue weighted by atomic mass is 9.79. The summed E-state index contributed by atoms with van der Waals surface area (Å²) in [6.45, 7) is 4.56. The summed E-state index contributed by atoms with van der Waals surface area (Å²) in [5, 5.41) is 3.15. The minimum Gasteiger partial charge on any atom is -0.496 e. The maximum absolute atomic E-state index is 12.4. The molecule has 0 bridgehead atoms. The van der Waals surface area contributed by atoms with Crippen LogP contribution in [0.3, 0.4) is 0 Å². The van der Waals surface area contributed by atoms with E-state index >= 15 is 0 Å². The van der Waals surface area contributed by atoms with Gasteiger partial charge in [-0.25, -0.2) is 0 Å². The van der Waals surface area contributed by atoms with Gasteiger partial charge >= 0.3 is 0 Å². The molecular weight excluding hydrogens is 318 g/mol. The number of methoxy groups -OCH3 is 1. The Kier molecular flexibility index (Phi) is 5.08. The number of carbonyl (C=O) groups excluding carboxylic acids is 1. The molecule has 3 nitrogen and oxygen atoms in total. The maximum Gasteiger partial charge on any atom is 0.255 e. The third-order valence-electron chi connectivity index (χ3n) is 4.34. The Bertz CT molecular complexity index is 489. The van der Waals surface area contributed by atoms with Crippen LogP contribution in [-0.2, 0) is 0 Å². The molecule has 0 heterocycles. The highest BCUT2D eigenvalue weighted by molar-refractivity contribution is 9.10. The molecule has 3 atom stereocenters. The lowest BCUT2D eigenvalue weighted by Gasteiger charge is -2.32. The van der Waals surface area contributed by atoms with Crippen LogP contribution in [0.4, 0.5) is 0 Å². The minimum absolute atomic E-state index is 0.0406. The lowest BCUT2D eigenvalue weighted by Crippen LogP contribution is -2.39. The van der Waals surface area contributed by atoms with E-state index in [-0.39, 0.29) is 11.9 Å². The van der Waals surface area contributed by atoms with Crippen molar-refractivity contribution in [3.63, 3.8) is 0 Å². The second-order valence-electron chi connectivity index (χ2n) is 5.78. The number of carbonyl (C=O) groups is 1. The molecule has 0 radical (unpaired) electrons. The molecule has 1 fully saturated rings. The van der Waals surface area contributed by atoms with E-state index in [0.29, 0.717) is 17.2 Å². The molecule has 0 saturated heterocycles. The van der Waals surface area contributed by atoms with Gasteiger partial charge in [-0.1, -0.05) is 29.8 Å². The van der Waals surface area contributed by atoms with E-state index in [2.05, 4.69) is 35.1 Å². The van der Waals surface area contributed by atoms with Crippen molar-refractivity contribution in [1.29, 1.82) is 0 Å². The van der Waals surface area contributed by atoms with Crippen LogP contribution >= 0.6 is 15.9 Å². The minimum atomic E-state index is -0.0406. The number of ether oxygens (including phenoxy) is 1. The third-order valence-corrected chi connectivity index (χ3v) is 4.83. The molecular formula is C16H22BrNO2. The first-order valence-corrected chi connectivity index (χ1v) is 7.95. The summed E-state index contributed by atoms with van der Waals surface area (Å²) >= 11 is 3.39. The van der Waals surface area contributed by atoms with Crippen LogP contribution in [0.25, 0.3) is 0 Å². The highest BCUT2D eigenvalue weighted by Gasteiger charge is 2.26. The van der Waals surface area contributed by atoms with E-state index in [1.54, 1.807) is 13.2 Å². The number of amides is 1. The van der Waals surface area contributed by atoms with Gasteiger partial charge in [-0.2, -0.15) is 0 Å². The molecule has 1 saturated carbocycles. The Morgan fingerprint density at radius 3 is 2.70 bits per heavy atom. The zero-order valence-electron chi connectivity index (χ0n) is 12.3. The van der Waals surface area contributed by atoms with Crippen molar-refractivity contribution in [1.82, 2.24) is 5.32 Å². The summed E-state index contributed by atoms with van der Waals surface area (Å²) in [6.07, 6.45) is 3.31. The van der Waals surface area contributed by atoms with Crippen molar-refractivity contribution in [2.75, 3.05) is 7.11 Å². The number of hydrogen-bond donors (Lipinski definition) is 1. The van der Waals surface area contributed by atoms with Gasteiger partial charge in [-0.3, -0.25) is 4.79 Å². The van der Waals surface area contributed by atoms with Gasteiger partial charge in [0.1, 0.15) is 5.75 Å². The maximum atomic E-state index is 12.4. The zero-order valence-corrected chi connectivity index (χ0v) is 13.9. The fourth-order valence-corrected chi connectivity index (χ4v) is 3.13. The van der Waals surface area contributed by atoms with Gasteiger partial charge in [-0.15, -0.1) is 0 Å². The van der Waals surface area contributed by atoms with E-state index in [9.17, 15) is 4.79 Å². The van der Waals surface area contributed by atoms with Crippen LogP contribution in [0, 0.1) is 11.8 Å². The molecule has 1 aromatic rings. The number of benzene rings is 1. The molecule has 0 aromatic heterocycles. The van der Waals surface area contributed by atoms with Crippen LogP contribution < -0.4 is 10.1 Å². The first-order valence-electron chi connectivity index (χ1n) is 7.15. The Labute approximate surface area is 129 Å². The van der Waals surface area contributed by atoms with E-state index in [1.165, 1.54) is 6.42 Å². The van der Waals surface area contributed by atoms with Gasteiger partial charge in [0, 0.05) is 10.5 Å². The van der Waals surface area contributed by atoms with Crippen molar-refractivity contribution in [3.8, 4) is 5.75 Å². The van der Waals surface area contributed by atoms with E-state index in [4.69, 9.17) is 4.74 Å². The fourth-order valence-electron chi connectivity index (χ4n) is 2.79. The van der Waals surface area contributed by atoms with Crippen LogP contribution in [0.2, 0.25) is 0 Å². The van der Waals surface area contributed by atoms with Gasteiger partial charge < -0.3 is 10.1 Å². The summed E-state index contributed by atoms with van der Waals surface area (Å²) in [6, 6.07) is 5.76. The quantitative estimate of drug-likeness (QED) is 0.903. The molecule has 0 aliphatic heterocycles. The number of rotatable bonds is 3. The van der Waals surface area contributed by atoms with E-state index in [1.807, 2.05) is 12.1 Å². The second-order valence-corrected chi connectivity index (χ2v) is 6.70. The SMILES string of the molecule is COc1cc(Br)ccc1C(=O)NC1CCC(C)C(C)C1. The number of halogens is 1. The molecule has 1 aliphatic carbocycles. The molecule has 3 unspecified atom stereocenters.